The van der Waals surface area contributed by atoms with Crippen LogP contribution in [0.15, 0.2) is 28.7 Å². The molecule has 0 saturated carbocycles. The van der Waals surface area contributed by atoms with Crippen molar-refractivity contribution in [1.29, 1.82) is 5.26 Å². The minimum absolute atomic E-state index is 0.673. The molecule has 0 atom stereocenters. The van der Waals surface area contributed by atoms with Gasteiger partial charge in [0, 0.05) is 11.4 Å². The van der Waals surface area contributed by atoms with Gasteiger partial charge < -0.3 is 9.72 Å². The molecular formula is C13H11BrN2O. The Labute approximate surface area is 108 Å². The van der Waals surface area contributed by atoms with Gasteiger partial charge in [0.05, 0.1) is 17.1 Å². The summed E-state index contributed by atoms with van der Waals surface area (Å²) in [7, 11) is 1.63. The summed E-state index contributed by atoms with van der Waals surface area (Å²) in [6.45, 7) is 1.89. The predicted octanol–water partition coefficient (Wildman–Crippen LogP) is 3.63. The highest BCUT2D eigenvalue weighted by Crippen LogP contribution is 2.30. The molecular weight excluding hydrogens is 280 g/mol. The summed E-state index contributed by atoms with van der Waals surface area (Å²) in [5, 5.41) is 8.92. The van der Waals surface area contributed by atoms with Gasteiger partial charge in [-0.1, -0.05) is 0 Å². The number of halogens is 1. The number of hydrogen-bond donors (Lipinski definition) is 1. The van der Waals surface area contributed by atoms with E-state index in [0.717, 1.165) is 27.2 Å². The van der Waals surface area contributed by atoms with Gasteiger partial charge in [0.15, 0.2) is 0 Å². The third kappa shape index (κ3) is 2.20. The molecule has 0 saturated heterocycles. The van der Waals surface area contributed by atoms with Gasteiger partial charge in [-0.3, -0.25) is 0 Å². The minimum Gasteiger partial charge on any atom is -0.496 e. The molecule has 0 unspecified atom stereocenters. The number of nitrogens with zero attached hydrogens (tertiary/aromatic N) is 1. The van der Waals surface area contributed by atoms with Crippen LogP contribution in [0.25, 0.3) is 11.3 Å². The average Bonchev–Trinajstić information content (AvgIpc) is 2.70. The fourth-order valence-electron chi connectivity index (χ4n) is 1.66. The van der Waals surface area contributed by atoms with Gasteiger partial charge in [0.1, 0.15) is 11.8 Å². The number of nitrogens with one attached hydrogen (secondary N) is 1. The summed E-state index contributed by atoms with van der Waals surface area (Å²) in [4.78, 5) is 3.19. The lowest BCUT2D eigenvalue weighted by atomic mass is 10.1. The Kier molecular flexibility index (Phi) is 3.21. The first-order valence-corrected chi connectivity index (χ1v) is 5.88. The van der Waals surface area contributed by atoms with Crippen LogP contribution in [-0.2, 0) is 0 Å². The number of methoxy groups -OCH3 is 1. The molecule has 0 aliphatic heterocycles. The van der Waals surface area contributed by atoms with Crippen LogP contribution in [0.4, 0.5) is 0 Å². The van der Waals surface area contributed by atoms with E-state index in [2.05, 4.69) is 27.0 Å². The van der Waals surface area contributed by atoms with Crippen molar-refractivity contribution in [2.24, 2.45) is 0 Å². The highest BCUT2D eigenvalue weighted by molar-refractivity contribution is 9.10. The van der Waals surface area contributed by atoms with Crippen molar-refractivity contribution in [3.63, 3.8) is 0 Å². The van der Waals surface area contributed by atoms with Gasteiger partial charge in [-0.2, -0.15) is 5.26 Å². The van der Waals surface area contributed by atoms with Crippen molar-refractivity contribution in [2.75, 3.05) is 7.11 Å². The number of aromatic nitrogens is 1. The lowest BCUT2D eigenvalue weighted by Gasteiger charge is -2.04. The van der Waals surface area contributed by atoms with E-state index in [9.17, 15) is 0 Å². The molecule has 86 valence electrons. The van der Waals surface area contributed by atoms with E-state index >= 15 is 0 Å². The quantitative estimate of drug-likeness (QED) is 0.918. The van der Waals surface area contributed by atoms with Gasteiger partial charge in [-0.25, -0.2) is 0 Å². The Balaban J connectivity index is 2.47. The lowest BCUT2D eigenvalue weighted by molar-refractivity contribution is 0.412. The molecule has 1 N–H and O–H groups in total. The van der Waals surface area contributed by atoms with Gasteiger partial charge in [-0.15, -0.1) is 0 Å². The molecule has 0 spiro atoms. The number of ether oxygens (including phenoxy) is 1. The van der Waals surface area contributed by atoms with Crippen molar-refractivity contribution < 1.29 is 4.74 Å². The van der Waals surface area contributed by atoms with Crippen LogP contribution in [0, 0.1) is 18.3 Å². The summed E-state index contributed by atoms with van der Waals surface area (Å²) in [5.74, 6) is 0.789. The van der Waals surface area contributed by atoms with Gasteiger partial charge >= 0.3 is 0 Å². The van der Waals surface area contributed by atoms with E-state index in [0.29, 0.717) is 5.56 Å². The highest BCUT2D eigenvalue weighted by Gasteiger charge is 2.08. The lowest BCUT2D eigenvalue weighted by Crippen LogP contribution is -1.85. The first-order chi connectivity index (χ1) is 8.15. The zero-order chi connectivity index (χ0) is 12.4. The molecule has 1 aromatic heterocycles. The van der Waals surface area contributed by atoms with Crippen LogP contribution in [0.3, 0.4) is 0 Å². The van der Waals surface area contributed by atoms with Crippen molar-refractivity contribution in [1.82, 2.24) is 4.98 Å². The summed E-state index contributed by atoms with van der Waals surface area (Å²) in [6.07, 6.45) is 0. The molecule has 2 aromatic rings. The number of aryl methyl sites for hydroxylation is 1. The van der Waals surface area contributed by atoms with E-state index in [1.165, 1.54) is 0 Å². The molecule has 0 aliphatic carbocycles. The fourth-order valence-corrected chi connectivity index (χ4v) is 2.20. The summed E-state index contributed by atoms with van der Waals surface area (Å²) in [5.41, 5.74) is 3.51. The molecule has 2 rings (SSSR count). The largest absolute Gasteiger partial charge is 0.496 e. The van der Waals surface area contributed by atoms with E-state index in [1.807, 2.05) is 31.2 Å². The molecule has 3 nitrogen and oxygen atoms in total. The topological polar surface area (TPSA) is 48.8 Å². The molecule has 17 heavy (non-hydrogen) atoms. The maximum absolute atomic E-state index is 8.92. The zero-order valence-electron chi connectivity index (χ0n) is 9.54. The number of nitriles is 1. The van der Waals surface area contributed by atoms with Crippen LogP contribution < -0.4 is 4.74 Å². The molecule has 1 heterocycles. The second-order valence-electron chi connectivity index (χ2n) is 3.68. The summed E-state index contributed by atoms with van der Waals surface area (Å²) < 4.78 is 6.07. The van der Waals surface area contributed by atoms with Crippen molar-refractivity contribution in [2.45, 2.75) is 6.92 Å². The van der Waals surface area contributed by atoms with Gasteiger partial charge in [-0.05, 0) is 52.7 Å². The number of aromatic amines is 1. The minimum atomic E-state index is 0.673. The fraction of sp³-hybridized carbons (Fsp3) is 0.154. The highest BCUT2D eigenvalue weighted by atomic mass is 79.9. The molecule has 0 amide bonds. The summed E-state index contributed by atoms with van der Waals surface area (Å²) >= 11 is 3.44. The zero-order valence-corrected chi connectivity index (χ0v) is 11.1. The maximum atomic E-state index is 8.92. The van der Waals surface area contributed by atoms with E-state index in [4.69, 9.17) is 10.00 Å². The molecule has 0 bridgehead atoms. The Hall–Kier alpha value is -1.73. The average molecular weight is 291 g/mol. The Morgan fingerprint density at radius 2 is 2.12 bits per heavy atom. The van der Waals surface area contributed by atoms with E-state index < -0.39 is 0 Å². The van der Waals surface area contributed by atoms with Crippen molar-refractivity contribution >= 4 is 15.9 Å². The van der Waals surface area contributed by atoms with Crippen LogP contribution in [0.5, 0.6) is 5.75 Å². The number of hydrogen-bond acceptors (Lipinski definition) is 2. The molecule has 0 radical (unpaired) electrons. The molecule has 4 heteroatoms. The Bertz CT molecular complexity index is 596. The van der Waals surface area contributed by atoms with E-state index in [1.54, 1.807) is 7.11 Å². The second kappa shape index (κ2) is 4.64. The standard InChI is InChI=1S/C13H11BrN2O/c1-8-10(7-15)6-12(16-8)9-3-4-13(17-2)11(14)5-9/h3-6,16H,1-2H3. The van der Waals surface area contributed by atoms with Crippen molar-refractivity contribution in [3.8, 4) is 23.1 Å². The van der Waals surface area contributed by atoms with Crippen LogP contribution in [0.2, 0.25) is 0 Å². The molecule has 0 aliphatic rings. The number of benzene rings is 1. The second-order valence-corrected chi connectivity index (χ2v) is 4.54. The predicted molar refractivity (Wildman–Crippen MR) is 69.9 cm³/mol. The summed E-state index contributed by atoms with van der Waals surface area (Å²) in [6, 6.07) is 9.81. The maximum Gasteiger partial charge on any atom is 0.133 e. The van der Waals surface area contributed by atoms with E-state index in [-0.39, 0.29) is 0 Å². The number of H-pyrrole nitrogens is 1. The smallest absolute Gasteiger partial charge is 0.133 e. The third-order valence-corrected chi connectivity index (χ3v) is 3.22. The van der Waals surface area contributed by atoms with Crippen molar-refractivity contribution in [3.05, 3.63) is 40.0 Å². The monoisotopic (exact) mass is 290 g/mol. The van der Waals surface area contributed by atoms with Gasteiger partial charge in [0.2, 0.25) is 0 Å². The first kappa shape index (κ1) is 11.7. The third-order valence-electron chi connectivity index (χ3n) is 2.60. The first-order valence-electron chi connectivity index (χ1n) is 5.09. The Morgan fingerprint density at radius 3 is 2.65 bits per heavy atom. The normalized spacial score (nSPS) is 10.0. The van der Waals surface area contributed by atoms with Crippen LogP contribution in [0.1, 0.15) is 11.3 Å². The Morgan fingerprint density at radius 1 is 1.35 bits per heavy atom. The van der Waals surface area contributed by atoms with Crippen LogP contribution in [-0.4, -0.2) is 12.1 Å². The molecule has 0 fully saturated rings. The van der Waals surface area contributed by atoms with Gasteiger partial charge in [0.25, 0.3) is 0 Å². The number of rotatable bonds is 2. The molecule has 1 aromatic carbocycles. The SMILES string of the molecule is COc1ccc(-c2cc(C#N)c(C)[nH]2)cc1Br. The van der Waals surface area contributed by atoms with Crippen LogP contribution >= 0.6 is 15.9 Å².